The van der Waals surface area contributed by atoms with E-state index in [9.17, 15) is 9.59 Å². The number of anilines is 1. The predicted octanol–water partition coefficient (Wildman–Crippen LogP) is 2.57. The summed E-state index contributed by atoms with van der Waals surface area (Å²) in [7, 11) is 1.31. The van der Waals surface area contributed by atoms with Gasteiger partial charge in [0.15, 0.2) is 6.10 Å². The van der Waals surface area contributed by atoms with E-state index in [1.807, 2.05) is 19.1 Å². The molecule has 1 saturated heterocycles. The van der Waals surface area contributed by atoms with Crippen LogP contribution in [0.3, 0.4) is 0 Å². The Balaban J connectivity index is 1.52. The second-order valence-electron chi connectivity index (χ2n) is 6.44. The van der Waals surface area contributed by atoms with Crippen LogP contribution in [0.25, 0.3) is 0 Å². The van der Waals surface area contributed by atoms with Crippen LogP contribution < -0.4 is 10.1 Å². The van der Waals surface area contributed by atoms with E-state index in [1.165, 1.54) is 7.11 Å². The van der Waals surface area contributed by atoms with E-state index in [1.54, 1.807) is 36.7 Å². The minimum atomic E-state index is -0.699. The van der Waals surface area contributed by atoms with Crippen LogP contribution in [0.1, 0.15) is 18.9 Å². The quantitative estimate of drug-likeness (QED) is 0.787. The Labute approximate surface area is 157 Å². The Bertz CT molecular complexity index is 779. The topological polar surface area (TPSA) is 86.8 Å². The van der Waals surface area contributed by atoms with Crippen molar-refractivity contribution >= 4 is 17.6 Å². The number of hydrogen-bond acceptors (Lipinski definition) is 6. The highest BCUT2D eigenvalue weighted by atomic mass is 16.6. The van der Waals surface area contributed by atoms with Gasteiger partial charge >= 0.3 is 5.97 Å². The zero-order valence-electron chi connectivity index (χ0n) is 15.3. The molecule has 1 aliphatic rings. The van der Waals surface area contributed by atoms with Gasteiger partial charge in [-0.05, 0) is 54.3 Å². The number of methoxy groups -OCH3 is 1. The molecule has 0 aliphatic carbocycles. The molecule has 1 fully saturated rings. The van der Waals surface area contributed by atoms with Crippen molar-refractivity contribution in [1.82, 2.24) is 4.98 Å². The number of esters is 1. The molecule has 0 spiro atoms. The number of rotatable bonds is 6. The molecule has 0 unspecified atom stereocenters. The molecule has 1 aromatic carbocycles. The van der Waals surface area contributed by atoms with E-state index in [0.717, 1.165) is 5.56 Å². The maximum absolute atomic E-state index is 12.4. The molecule has 7 heteroatoms. The molecule has 0 saturated carbocycles. The molecule has 142 valence electrons. The van der Waals surface area contributed by atoms with Crippen LogP contribution in [0.15, 0.2) is 48.8 Å². The summed E-state index contributed by atoms with van der Waals surface area (Å²) in [4.78, 5) is 28.0. The highest BCUT2D eigenvalue weighted by molar-refractivity contribution is 5.94. The SMILES string of the molecule is COC(=O)[C@@H]1O[C@@H](C(=O)Nc2ccc(OCc3ccncc3)cc2)C[C@H]1C. The molecule has 2 aromatic rings. The molecule has 27 heavy (non-hydrogen) atoms. The van der Waals surface area contributed by atoms with Crippen LogP contribution in [-0.4, -0.2) is 36.2 Å². The fourth-order valence-electron chi connectivity index (χ4n) is 2.90. The third-order valence-electron chi connectivity index (χ3n) is 4.42. The van der Waals surface area contributed by atoms with E-state index in [0.29, 0.717) is 24.5 Å². The van der Waals surface area contributed by atoms with Crippen LogP contribution >= 0.6 is 0 Å². The van der Waals surface area contributed by atoms with E-state index in [4.69, 9.17) is 14.2 Å². The van der Waals surface area contributed by atoms with Gasteiger partial charge in [0, 0.05) is 18.1 Å². The summed E-state index contributed by atoms with van der Waals surface area (Å²) in [5.41, 5.74) is 1.66. The first-order chi connectivity index (χ1) is 13.1. The minimum Gasteiger partial charge on any atom is -0.489 e. The van der Waals surface area contributed by atoms with Gasteiger partial charge in [-0.3, -0.25) is 9.78 Å². The maximum Gasteiger partial charge on any atom is 0.335 e. The number of benzene rings is 1. The third-order valence-corrected chi connectivity index (χ3v) is 4.42. The highest BCUT2D eigenvalue weighted by Gasteiger charge is 2.41. The van der Waals surface area contributed by atoms with Crippen LogP contribution in [0.2, 0.25) is 0 Å². The van der Waals surface area contributed by atoms with Gasteiger partial charge < -0.3 is 19.5 Å². The standard InChI is InChI=1S/C20H22N2O5/c1-13-11-17(27-18(13)20(24)25-2)19(23)22-15-3-5-16(6-4-15)26-12-14-7-9-21-10-8-14/h3-10,13,17-18H,11-12H2,1-2H3,(H,22,23)/t13-,17-,18-/m1/s1. The van der Waals surface area contributed by atoms with Gasteiger partial charge in [-0.2, -0.15) is 0 Å². The molecule has 2 heterocycles. The first-order valence-corrected chi connectivity index (χ1v) is 8.72. The second-order valence-corrected chi connectivity index (χ2v) is 6.44. The summed E-state index contributed by atoms with van der Waals surface area (Å²) >= 11 is 0. The molecule has 1 aliphatic heterocycles. The van der Waals surface area contributed by atoms with Crippen molar-refractivity contribution in [2.24, 2.45) is 5.92 Å². The Kier molecular flexibility index (Phi) is 6.03. The molecule has 0 radical (unpaired) electrons. The van der Waals surface area contributed by atoms with Crippen molar-refractivity contribution in [2.45, 2.75) is 32.2 Å². The summed E-state index contributed by atoms with van der Waals surface area (Å²) in [5, 5.41) is 2.80. The largest absolute Gasteiger partial charge is 0.489 e. The number of ether oxygens (including phenoxy) is 3. The number of aromatic nitrogens is 1. The van der Waals surface area contributed by atoms with Crippen molar-refractivity contribution in [3.8, 4) is 5.75 Å². The zero-order valence-corrected chi connectivity index (χ0v) is 15.3. The summed E-state index contributed by atoms with van der Waals surface area (Å²) in [6.07, 6.45) is 2.53. The molecule has 1 amide bonds. The molecular formula is C20H22N2O5. The zero-order chi connectivity index (χ0) is 19.2. The number of nitrogens with zero attached hydrogens (tertiary/aromatic N) is 1. The van der Waals surface area contributed by atoms with Gasteiger partial charge in [0.1, 0.15) is 18.5 Å². The first-order valence-electron chi connectivity index (χ1n) is 8.72. The third kappa shape index (κ3) is 4.83. The summed E-state index contributed by atoms with van der Waals surface area (Å²) in [6, 6.07) is 10.9. The number of carbonyl (C=O) groups is 2. The Morgan fingerprint density at radius 3 is 2.56 bits per heavy atom. The van der Waals surface area contributed by atoms with Gasteiger partial charge in [-0.25, -0.2) is 4.79 Å². The molecular weight excluding hydrogens is 348 g/mol. The van der Waals surface area contributed by atoms with E-state index >= 15 is 0 Å². The van der Waals surface area contributed by atoms with Crippen molar-refractivity contribution in [3.63, 3.8) is 0 Å². The van der Waals surface area contributed by atoms with Crippen molar-refractivity contribution in [2.75, 3.05) is 12.4 Å². The van der Waals surface area contributed by atoms with Crippen LogP contribution in [-0.2, 0) is 25.7 Å². The maximum atomic E-state index is 12.4. The number of pyridine rings is 1. The van der Waals surface area contributed by atoms with Crippen molar-refractivity contribution in [1.29, 1.82) is 0 Å². The highest BCUT2D eigenvalue weighted by Crippen LogP contribution is 2.28. The fraction of sp³-hybridized carbons (Fsp3) is 0.350. The molecule has 0 bridgehead atoms. The lowest BCUT2D eigenvalue weighted by Crippen LogP contribution is -2.31. The summed E-state index contributed by atoms with van der Waals surface area (Å²) in [5.74, 6) is -0.106. The predicted molar refractivity (Wildman–Crippen MR) is 98.1 cm³/mol. The van der Waals surface area contributed by atoms with Gasteiger partial charge in [0.2, 0.25) is 0 Å². The molecule has 3 atom stereocenters. The van der Waals surface area contributed by atoms with Crippen LogP contribution in [0.4, 0.5) is 5.69 Å². The lowest BCUT2D eigenvalue weighted by Gasteiger charge is -2.13. The van der Waals surface area contributed by atoms with Crippen molar-refractivity contribution < 1.29 is 23.8 Å². The second kappa shape index (κ2) is 8.64. The smallest absolute Gasteiger partial charge is 0.335 e. The monoisotopic (exact) mass is 370 g/mol. The number of nitrogens with one attached hydrogen (secondary N) is 1. The first kappa shape index (κ1) is 18.8. The Morgan fingerprint density at radius 2 is 1.89 bits per heavy atom. The van der Waals surface area contributed by atoms with E-state index in [-0.39, 0.29) is 11.8 Å². The summed E-state index contributed by atoms with van der Waals surface area (Å²) in [6.45, 7) is 2.31. The van der Waals surface area contributed by atoms with Gasteiger partial charge in [-0.1, -0.05) is 6.92 Å². The average Bonchev–Trinajstić information content (AvgIpc) is 3.09. The summed E-state index contributed by atoms with van der Waals surface area (Å²) < 4.78 is 16.0. The number of carbonyl (C=O) groups excluding carboxylic acids is 2. The van der Waals surface area contributed by atoms with Crippen molar-refractivity contribution in [3.05, 3.63) is 54.4 Å². The van der Waals surface area contributed by atoms with Gasteiger partial charge in [0.05, 0.1) is 7.11 Å². The van der Waals surface area contributed by atoms with E-state index < -0.39 is 18.2 Å². The molecule has 1 N–H and O–H groups in total. The fourth-order valence-corrected chi connectivity index (χ4v) is 2.90. The normalized spacial score (nSPS) is 21.5. The molecule has 3 rings (SSSR count). The van der Waals surface area contributed by atoms with Gasteiger partial charge in [0.25, 0.3) is 5.91 Å². The number of hydrogen-bond donors (Lipinski definition) is 1. The van der Waals surface area contributed by atoms with E-state index in [2.05, 4.69) is 10.3 Å². The van der Waals surface area contributed by atoms with Crippen LogP contribution in [0, 0.1) is 5.92 Å². The molecule has 1 aromatic heterocycles. The number of amides is 1. The Hall–Kier alpha value is -2.93. The molecule has 7 nitrogen and oxygen atoms in total. The Morgan fingerprint density at radius 1 is 1.19 bits per heavy atom. The lowest BCUT2D eigenvalue weighted by atomic mass is 10.0. The van der Waals surface area contributed by atoms with Crippen LogP contribution in [0.5, 0.6) is 5.75 Å². The average molecular weight is 370 g/mol. The minimum absolute atomic E-state index is 0.0721. The lowest BCUT2D eigenvalue weighted by molar-refractivity contribution is -0.155. The van der Waals surface area contributed by atoms with Gasteiger partial charge in [-0.15, -0.1) is 0 Å².